The third kappa shape index (κ3) is 1.77. The Morgan fingerprint density at radius 2 is 2.28 bits per heavy atom. The Labute approximate surface area is 107 Å². The zero-order chi connectivity index (χ0) is 12.7. The standard InChI is InChI=1S/C14H18N2O2/c1-9-5-11-7-15-8-13(11)16(9)14(18)10-3-2-4-12(17)6-10/h2-4,6,9,11,13,15,17H,5,7-8H2,1H3. The van der Waals surface area contributed by atoms with Crippen LogP contribution in [0.4, 0.5) is 0 Å². The normalized spacial score (nSPS) is 30.5. The van der Waals surface area contributed by atoms with Gasteiger partial charge in [-0.05, 0) is 37.5 Å². The minimum atomic E-state index is 0.0367. The van der Waals surface area contributed by atoms with Gasteiger partial charge in [-0.2, -0.15) is 0 Å². The van der Waals surface area contributed by atoms with Crippen LogP contribution >= 0.6 is 0 Å². The maximum atomic E-state index is 12.5. The SMILES string of the molecule is CC1CC2CNCC2N1C(=O)c1cccc(O)c1. The lowest BCUT2D eigenvalue weighted by molar-refractivity contribution is 0.0681. The first kappa shape index (κ1) is 11.5. The number of likely N-dealkylation sites (tertiary alicyclic amines) is 1. The molecule has 1 aromatic carbocycles. The van der Waals surface area contributed by atoms with E-state index in [9.17, 15) is 9.90 Å². The summed E-state index contributed by atoms with van der Waals surface area (Å²) in [5.41, 5.74) is 0.578. The second kappa shape index (κ2) is 4.28. The molecular formula is C14H18N2O2. The molecule has 3 unspecified atom stereocenters. The Morgan fingerprint density at radius 1 is 1.44 bits per heavy atom. The number of nitrogens with zero attached hydrogens (tertiary/aromatic N) is 1. The van der Waals surface area contributed by atoms with E-state index in [-0.39, 0.29) is 17.7 Å². The largest absolute Gasteiger partial charge is 0.508 e. The molecule has 4 heteroatoms. The highest BCUT2D eigenvalue weighted by Crippen LogP contribution is 2.33. The molecule has 0 aliphatic carbocycles. The van der Waals surface area contributed by atoms with E-state index in [2.05, 4.69) is 12.2 Å². The van der Waals surface area contributed by atoms with E-state index in [0.29, 0.717) is 17.5 Å². The summed E-state index contributed by atoms with van der Waals surface area (Å²) in [7, 11) is 0. The molecule has 2 heterocycles. The molecule has 0 saturated carbocycles. The smallest absolute Gasteiger partial charge is 0.254 e. The summed E-state index contributed by atoms with van der Waals surface area (Å²) in [4.78, 5) is 14.5. The number of nitrogens with one attached hydrogen (secondary N) is 1. The first-order chi connectivity index (χ1) is 8.66. The van der Waals surface area contributed by atoms with Crippen molar-refractivity contribution in [2.75, 3.05) is 13.1 Å². The summed E-state index contributed by atoms with van der Waals surface area (Å²) in [6, 6.07) is 7.22. The highest BCUT2D eigenvalue weighted by Gasteiger charge is 2.44. The van der Waals surface area contributed by atoms with Gasteiger partial charge in [-0.15, -0.1) is 0 Å². The maximum absolute atomic E-state index is 12.5. The third-order valence-corrected chi connectivity index (χ3v) is 4.11. The van der Waals surface area contributed by atoms with Crippen LogP contribution in [0.3, 0.4) is 0 Å². The van der Waals surface area contributed by atoms with Crippen LogP contribution in [0.25, 0.3) is 0 Å². The molecule has 0 spiro atoms. The lowest BCUT2D eigenvalue weighted by Crippen LogP contribution is -2.42. The van der Waals surface area contributed by atoms with E-state index in [1.165, 1.54) is 0 Å². The van der Waals surface area contributed by atoms with Gasteiger partial charge in [0.25, 0.3) is 5.91 Å². The topological polar surface area (TPSA) is 52.6 Å². The Morgan fingerprint density at radius 3 is 3.06 bits per heavy atom. The number of hydrogen-bond donors (Lipinski definition) is 2. The van der Waals surface area contributed by atoms with E-state index >= 15 is 0 Å². The van der Waals surface area contributed by atoms with Gasteiger partial charge in [0.05, 0.1) is 0 Å². The third-order valence-electron chi connectivity index (χ3n) is 4.11. The number of hydrogen-bond acceptors (Lipinski definition) is 3. The number of aromatic hydroxyl groups is 1. The summed E-state index contributed by atoms with van der Waals surface area (Å²) >= 11 is 0. The molecule has 0 radical (unpaired) electrons. The fraction of sp³-hybridized carbons (Fsp3) is 0.500. The number of benzene rings is 1. The van der Waals surface area contributed by atoms with Crippen LogP contribution in [0, 0.1) is 5.92 Å². The van der Waals surface area contributed by atoms with Gasteiger partial charge in [-0.25, -0.2) is 0 Å². The number of fused-ring (bicyclic) bond motifs is 1. The molecule has 1 aromatic rings. The molecule has 96 valence electrons. The Bertz CT molecular complexity index is 475. The molecule has 3 atom stereocenters. The molecule has 2 saturated heterocycles. The highest BCUT2D eigenvalue weighted by molar-refractivity contribution is 5.95. The molecule has 0 aromatic heterocycles. The summed E-state index contributed by atoms with van der Waals surface area (Å²) in [6.07, 6.45) is 1.07. The summed E-state index contributed by atoms with van der Waals surface area (Å²) in [6.45, 7) is 4.01. The van der Waals surface area contributed by atoms with Gasteiger partial charge in [0.2, 0.25) is 0 Å². The van der Waals surface area contributed by atoms with Gasteiger partial charge in [0.1, 0.15) is 5.75 Å². The average molecular weight is 246 g/mol. The molecule has 2 aliphatic heterocycles. The van der Waals surface area contributed by atoms with Crippen molar-refractivity contribution in [3.05, 3.63) is 29.8 Å². The molecule has 0 bridgehead atoms. The van der Waals surface area contributed by atoms with Crippen molar-refractivity contribution in [3.8, 4) is 5.75 Å². The zero-order valence-electron chi connectivity index (χ0n) is 10.5. The monoisotopic (exact) mass is 246 g/mol. The Balaban J connectivity index is 1.87. The van der Waals surface area contributed by atoms with Crippen LogP contribution < -0.4 is 5.32 Å². The maximum Gasteiger partial charge on any atom is 0.254 e. The molecule has 18 heavy (non-hydrogen) atoms. The van der Waals surface area contributed by atoms with Crippen molar-refractivity contribution < 1.29 is 9.90 Å². The first-order valence-corrected chi connectivity index (χ1v) is 6.49. The van der Waals surface area contributed by atoms with Crippen molar-refractivity contribution in [1.82, 2.24) is 10.2 Å². The van der Waals surface area contributed by atoms with Crippen molar-refractivity contribution in [2.24, 2.45) is 5.92 Å². The fourth-order valence-electron chi connectivity index (χ4n) is 3.30. The number of carbonyl (C=O) groups is 1. The van der Waals surface area contributed by atoms with E-state index < -0.39 is 0 Å². The van der Waals surface area contributed by atoms with Gasteiger partial charge < -0.3 is 15.3 Å². The Kier molecular flexibility index (Phi) is 2.74. The summed E-state index contributed by atoms with van der Waals surface area (Å²) in [5.74, 6) is 0.768. The minimum absolute atomic E-state index is 0.0367. The van der Waals surface area contributed by atoms with E-state index in [0.717, 1.165) is 19.5 Å². The van der Waals surface area contributed by atoms with Crippen LogP contribution in [0.15, 0.2) is 24.3 Å². The van der Waals surface area contributed by atoms with Gasteiger partial charge in [-0.1, -0.05) is 6.07 Å². The molecule has 3 rings (SSSR count). The van der Waals surface area contributed by atoms with Crippen LogP contribution in [0.5, 0.6) is 5.75 Å². The van der Waals surface area contributed by atoms with Crippen molar-refractivity contribution in [3.63, 3.8) is 0 Å². The molecule has 2 aliphatic rings. The first-order valence-electron chi connectivity index (χ1n) is 6.49. The Hall–Kier alpha value is -1.55. The molecule has 2 fully saturated rings. The van der Waals surface area contributed by atoms with Gasteiger partial charge >= 0.3 is 0 Å². The molecule has 4 nitrogen and oxygen atoms in total. The minimum Gasteiger partial charge on any atom is -0.508 e. The van der Waals surface area contributed by atoms with Crippen LogP contribution in [-0.4, -0.2) is 41.1 Å². The predicted octanol–water partition coefficient (Wildman–Crippen LogP) is 1.21. The predicted molar refractivity (Wildman–Crippen MR) is 68.5 cm³/mol. The van der Waals surface area contributed by atoms with Crippen molar-refractivity contribution in [1.29, 1.82) is 0 Å². The zero-order valence-corrected chi connectivity index (χ0v) is 10.5. The van der Waals surface area contributed by atoms with Crippen LogP contribution in [0.1, 0.15) is 23.7 Å². The number of phenolic OH excluding ortho intramolecular Hbond substituents is 1. The number of carbonyl (C=O) groups excluding carboxylic acids is 1. The van der Waals surface area contributed by atoms with Crippen molar-refractivity contribution in [2.45, 2.75) is 25.4 Å². The second-order valence-corrected chi connectivity index (χ2v) is 5.33. The highest BCUT2D eigenvalue weighted by atomic mass is 16.3. The molecular weight excluding hydrogens is 228 g/mol. The van der Waals surface area contributed by atoms with Crippen LogP contribution in [-0.2, 0) is 0 Å². The van der Waals surface area contributed by atoms with Crippen LogP contribution in [0.2, 0.25) is 0 Å². The van der Waals surface area contributed by atoms with Crippen molar-refractivity contribution >= 4 is 5.91 Å². The van der Waals surface area contributed by atoms with Gasteiger partial charge in [0.15, 0.2) is 0 Å². The lowest BCUT2D eigenvalue weighted by Gasteiger charge is -2.27. The van der Waals surface area contributed by atoms with Gasteiger partial charge in [-0.3, -0.25) is 4.79 Å². The number of phenols is 1. The number of amides is 1. The average Bonchev–Trinajstić information content (AvgIpc) is 2.88. The number of rotatable bonds is 1. The molecule has 2 N–H and O–H groups in total. The quantitative estimate of drug-likeness (QED) is 0.783. The van der Waals surface area contributed by atoms with E-state index in [1.54, 1.807) is 24.3 Å². The fourth-order valence-corrected chi connectivity index (χ4v) is 3.30. The second-order valence-electron chi connectivity index (χ2n) is 5.33. The summed E-state index contributed by atoms with van der Waals surface area (Å²) in [5, 5.41) is 12.8. The van der Waals surface area contributed by atoms with E-state index in [1.807, 2.05) is 4.90 Å². The summed E-state index contributed by atoms with van der Waals surface area (Å²) < 4.78 is 0. The molecule has 1 amide bonds. The lowest BCUT2D eigenvalue weighted by atomic mass is 10.0. The van der Waals surface area contributed by atoms with Gasteiger partial charge in [0, 0.05) is 30.7 Å². The van der Waals surface area contributed by atoms with E-state index in [4.69, 9.17) is 0 Å².